The van der Waals surface area contributed by atoms with Crippen LogP contribution in [0.3, 0.4) is 0 Å². The van der Waals surface area contributed by atoms with Gasteiger partial charge in [0.05, 0.1) is 40.2 Å². The first-order chi connectivity index (χ1) is 24.1. The Balaban J connectivity index is 1.31. The van der Waals surface area contributed by atoms with Gasteiger partial charge in [0.25, 0.3) is 11.8 Å². The van der Waals surface area contributed by atoms with E-state index in [0.29, 0.717) is 60.7 Å². The first-order valence-electron chi connectivity index (χ1n) is 16.4. The quantitative estimate of drug-likeness (QED) is 0.153. The van der Waals surface area contributed by atoms with Gasteiger partial charge in [-0.15, -0.1) is 0 Å². The number of nitrogens with one attached hydrogen (secondary N) is 2. The van der Waals surface area contributed by atoms with Crippen molar-refractivity contribution in [1.82, 2.24) is 38.7 Å². The van der Waals surface area contributed by atoms with Crippen molar-refractivity contribution in [2.75, 3.05) is 29.1 Å². The molecule has 15 heteroatoms. The number of para-hydroxylation sites is 3. The molecule has 0 aliphatic rings. The normalized spacial score (nSPS) is 11.5. The van der Waals surface area contributed by atoms with Gasteiger partial charge < -0.3 is 19.8 Å². The lowest BCUT2D eigenvalue weighted by Crippen LogP contribution is -2.30. The molecule has 0 saturated heterocycles. The highest BCUT2D eigenvalue weighted by Gasteiger charge is 2.21. The van der Waals surface area contributed by atoms with Gasteiger partial charge >= 0.3 is 0 Å². The van der Waals surface area contributed by atoms with E-state index in [2.05, 4.69) is 20.8 Å². The molecule has 0 saturated carbocycles. The van der Waals surface area contributed by atoms with Gasteiger partial charge in [-0.1, -0.05) is 30.4 Å². The van der Waals surface area contributed by atoms with Crippen molar-refractivity contribution in [2.45, 2.75) is 53.9 Å². The predicted octanol–water partition coefficient (Wildman–Crippen LogP) is 4.12. The fraction of sp³-hybridized carbons (Fsp3) is 0.286. The van der Waals surface area contributed by atoms with E-state index >= 15 is 0 Å². The number of amides is 3. The summed E-state index contributed by atoms with van der Waals surface area (Å²) in [5, 5.41) is 14.8. The average Bonchev–Trinajstić information content (AvgIpc) is 3.85. The Labute approximate surface area is 288 Å². The molecule has 50 heavy (non-hydrogen) atoms. The molecule has 0 radical (unpaired) electrons. The minimum absolute atomic E-state index is 0.000650. The molecule has 0 aliphatic carbocycles. The number of fused-ring (bicyclic) bond motifs is 2. The molecule has 0 spiro atoms. The highest BCUT2D eigenvalue weighted by Crippen LogP contribution is 2.29. The van der Waals surface area contributed by atoms with Gasteiger partial charge in [0.15, 0.2) is 0 Å². The Hall–Kier alpha value is -6.25. The van der Waals surface area contributed by atoms with Gasteiger partial charge in [0.1, 0.15) is 16.9 Å². The van der Waals surface area contributed by atoms with E-state index < -0.39 is 5.91 Å². The lowest BCUT2D eigenvalue weighted by Gasteiger charge is -2.17. The molecule has 0 unspecified atom stereocenters. The van der Waals surface area contributed by atoms with Crippen molar-refractivity contribution in [3.63, 3.8) is 0 Å². The van der Waals surface area contributed by atoms with E-state index in [1.807, 2.05) is 91.4 Å². The van der Waals surface area contributed by atoms with E-state index in [0.717, 1.165) is 27.9 Å². The zero-order valence-corrected chi connectivity index (χ0v) is 28.7. The maximum absolute atomic E-state index is 13.5. The summed E-state index contributed by atoms with van der Waals surface area (Å²) >= 11 is 0. The maximum Gasteiger partial charge on any atom is 0.276 e. The van der Waals surface area contributed by atoms with Crippen molar-refractivity contribution in [1.29, 1.82) is 0 Å². The van der Waals surface area contributed by atoms with Gasteiger partial charge in [-0.3, -0.25) is 34.4 Å². The van der Waals surface area contributed by atoms with Crippen LogP contribution in [0.1, 0.15) is 46.2 Å². The van der Waals surface area contributed by atoms with Gasteiger partial charge in [-0.25, -0.2) is 9.97 Å². The topological polar surface area (TPSA) is 176 Å². The summed E-state index contributed by atoms with van der Waals surface area (Å²) in [4.78, 5) is 49.9. The number of nitrogens with two attached hydrogens (primary N) is 1. The summed E-state index contributed by atoms with van der Waals surface area (Å²) in [6.45, 7) is 9.40. The van der Waals surface area contributed by atoms with Crippen molar-refractivity contribution < 1.29 is 14.4 Å². The molecule has 2 aromatic carbocycles. The summed E-state index contributed by atoms with van der Waals surface area (Å²) in [5.41, 5.74) is 11.5. The van der Waals surface area contributed by atoms with E-state index in [1.165, 1.54) is 0 Å². The summed E-state index contributed by atoms with van der Waals surface area (Å²) in [7, 11) is 1.77. The van der Waals surface area contributed by atoms with E-state index in [-0.39, 0.29) is 18.4 Å². The molecule has 0 fully saturated rings. The number of nitrogens with zero attached hydrogens (tertiary/aromatic N) is 9. The monoisotopic (exact) mass is 676 g/mol. The molecule has 0 aliphatic heterocycles. The molecule has 4 aromatic heterocycles. The highest BCUT2D eigenvalue weighted by atomic mass is 16.2. The second-order valence-electron chi connectivity index (χ2n) is 11.9. The van der Waals surface area contributed by atoms with Crippen molar-refractivity contribution in [3.8, 4) is 0 Å². The highest BCUT2D eigenvalue weighted by molar-refractivity contribution is 6.04. The molecule has 0 atom stereocenters. The summed E-state index contributed by atoms with van der Waals surface area (Å²) < 4.78 is 7.14. The largest absolute Gasteiger partial charge is 0.368 e. The van der Waals surface area contributed by atoms with Crippen molar-refractivity contribution in [3.05, 3.63) is 89.5 Å². The molecular weight excluding hydrogens is 636 g/mol. The van der Waals surface area contributed by atoms with Crippen LogP contribution in [0.4, 0.5) is 17.6 Å². The van der Waals surface area contributed by atoms with Crippen LogP contribution in [0, 0.1) is 13.8 Å². The van der Waals surface area contributed by atoms with Crippen LogP contribution in [-0.4, -0.2) is 70.0 Å². The first kappa shape index (κ1) is 33.6. The average molecular weight is 677 g/mol. The number of hydrogen-bond donors (Lipinski definition) is 3. The Morgan fingerprint density at radius 1 is 0.780 bits per heavy atom. The lowest BCUT2D eigenvalue weighted by atomic mass is 10.2. The second kappa shape index (κ2) is 14.1. The Morgan fingerprint density at radius 2 is 1.32 bits per heavy atom. The second-order valence-corrected chi connectivity index (χ2v) is 11.9. The number of primary amides is 1. The van der Waals surface area contributed by atoms with Gasteiger partial charge in [0.2, 0.25) is 17.8 Å². The maximum atomic E-state index is 13.5. The zero-order valence-electron chi connectivity index (χ0n) is 28.7. The number of likely N-dealkylation sites (N-methyl/N-ethyl adjacent to an activating group) is 1. The van der Waals surface area contributed by atoms with Crippen LogP contribution < -0.4 is 21.3 Å². The van der Waals surface area contributed by atoms with Crippen molar-refractivity contribution in [2.24, 2.45) is 5.73 Å². The van der Waals surface area contributed by atoms with Crippen LogP contribution in [-0.2, 0) is 31.0 Å². The third kappa shape index (κ3) is 6.70. The van der Waals surface area contributed by atoms with Crippen LogP contribution >= 0.6 is 0 Å². The number of aryl methyl sites for hydroxylation is 4. The number of imidazole rings is 2. The molecule has 15 nitrogen and oxygen atoms in total. The minimum atomic E-state index is -0.475. The molecule has 4 heterocycles. The number of anilines is 3. The molecule has 6 rings (SSSR count). The lowest BCUT2D eigenvalue weighted by molar-refractivity contribution is -0.116. The SMILES string of the molecule is CCn1nc(C)cc1C(=O)Nc1nc2ccccc2n1CC=CCn1c(NC(=O)c2cc(C)nn2CC)nc2c(N(C)CC(N)=O)cccc21. The van der Waals surface area contributed by atoms with E-state index in [1.54, 1.807) is 33.4 Å². The van der Waals surface area contributed by atoms with E-state index in [4.69, 9.17) is 15.7 Å². The molecule has 4 N–H and O–H groups in total. The van der Waals surface area contributed by atoms with E-state index in [9.17, 15) is 14.4 Å². The summed E-state index contributed by atoms with van der Waals surface area (Å²) in [5.74, 6) is -0.370. The number of aromatic nitrogens is 8. The number of carbonyl (C=O) groups is 3. The number of allylic oxidation sites excluding steroid dienone is 2. The minimum Gasteiger partial charge on any atom is -0.368 e. The van der Waals surface area contributed by atoms with Crippen LogP contribution in [0.2, 0.25) is 0 Å². The van der Waals surface area contributed by atoms with Gasteiger partial charge in [0, 0.05) is 33.2 Å². The third-order valence-corrected chi connectivity index (χ3v) is 8.28. The van der Waals surface area contributed by atoms with Crippen LogP contribution in [0.5, 0.6) is 0 Å². The van der Waals surface area contributed by atoms with Crippen molar-refractivity contribution >= 4 is 57.4 Å². The Bertz CT molecular complexity index is 2250. The Morgan fingerprint density at radius 3 is 1.90 bits per heavy atom. The summed E-state index contributed by atoms with van der Waals surface area (Å²) in [6, 6.07) is 16.8. The summed E-state index contributed by atoms with van der Waals surface area (Å²) in [6.07, 6.45) is 3.94. The molecule has 3 amide bonds. The number of carbonyl (C=O) groups excluding carboxylic acids is 3. The first-order valence-corrected chi connectivity index (χ1v) is 16.4. The zero-order chi connectivity index (χ0) is 35.5. The third-order valence-electron chi connectivity index (χ3n) is 8.28. The molecule has 6 aromatic rings. The molecular formula is C35H40N12O3. The number of rotatable bonds is 13. The fourth-order valence-corrected chi connectivity index (χ4v) is 6.02. The van der Waals surface area contributed by atoms with Crippen LogP contribution in [0.15, 0.2) is 66.7 Å². The van der Waals surface area contributed by atoms with Gasteiger partial charge in [-0.05, 0) is 64.1 Å². The predicted molar refractivity (Wildman–Crippen MR) is 192 cm³/mol. The standard InChI is InChI=1S/C35H40N12O3/c1-6-46-28(19-22(3)41-46)32(49)39-34-37-24-13-8-9-14-25(24)44(34)17-10-11-18-45-27-16-12-15-26(43(5)21-30(36)48)31(27)38-35(45)40-33(50)29-20-23(4)42-47(29)7-2/h8-16,19-20H,6-7,17-18,21H2,1-5H3,(H2,36,48)(H,37,39,49)(H,38,40,50). The molecule has 0 bridgehead atoms. The van der Waals surface area contributed by atoms with Gasteiger partial charge in [-0.2, -0.15) is 10.2 Å². The number of benzene rings is 2. The molecule has 258 valence electrons. The van der Waals surface area contributed by atoms with Crippen LogP contribution in [0.25, 0.3) is 22.1 Å². The fourth-order valence-electron chi connectivity index (χ4n) is 6.02. The Kier molecular flexibility index (Phi) is 9.47. The smallest absolute Gasteiger partial charge is 0.276 e. The number of hydrogen-bond acceptors (Lipinski definition) is 8.